The van der Waals surface area contributed by atoms with Crippen LogP contribution in [0.1, 0.15) is 19.3 Å². The van der Waals surface area contributed by atoms with E-state index in [0.29, 0.717) is 0 Å². The zero-order valence-electron chi connectivity index (χ0n) is 8.84. The van der Waals surface area contributed by atoms with Crippen molar-refractivity contribution in [3.05, 3.63) is 0 Å². The number of amides is 1. The van der Waals surface area contributed by atoms with Gasteiger partial charge in [-0.2, -0.15) is 11.8 Å². The lowest BCUT2D eigenvalue weighted by Crippen LogP contribution is -2.38. The Morgan fingerprint density at radius 3 is 2.86 bits per heavy atom. The Hall–Kier alpha value is -0.220. The van der Waals surface area contributed by atoms with Crippen molar-refractivity contribution < 1.29 is 4.79 Å². The van der Waals surface area contributed by atoms with E-state index in [1.54, 1.807) is 0 Å². The summed E-state index contributed by atoms with van der Waals surface area (Å²) >= 11 is 1.83. The van der Waals surface area contributed by atoms with Crippen LogP contribution in [-0.4, -0.2) is 37.6 Å². The van der Waals surface area contributed by atoms with Gasteiger partial charge in [0.05, 0.1) is 0 Å². The van der Waals surface area contributed by atoms with Gasteiger partial charge in [0, 0.05) is 12.5 Å². The second kappa shape index (κ2) is 7.12. The Bertz CT molecular complexity index is 170. The van der Waals surface area contributed by atoms with Crippen LogP contribution in [0.3, 0.4) is 0 Å². The molecule has 1 aliphatic heterocycles. The molecule has 0 unspecified atom stereocenters. The van der Waals surface area contributed by atoms with E-state index >= 15 is 0 Å². The van der Waals surface area contributed by atoms with Crippen LogP contribution >= 0.6 is 11.8 Å². The maximum Gasteiger partial charge on any atom is 0.223 e. The van der Waals surface area contributed by atoms with Gasteiger partial charge >= 0.3 is 0 Å². The molecular weight excluding hydrogens is 196 g/mol. The topological polar surface area (TPSA) is 41.1 Å². The van der Waals surface area contributed by atoms with Gasteiger partial charge in [0.1, 0.15) is 0 Å². The molecule has 82 valence electrons. The van der Waals surface area contributed by atoms with Crippen molar-refractivity contribution >= 4 is 17.7 Å². The van der Waals surface area contributed by atoms with Crippen LogP contribution in [-0.2, 0) is 4.79 Å². The van der Waals surface area contributed by atoms with Gasteiger partial charge in [0.2, 0.25) is 5.91 Å². The number of nitrogens with one attached hydrogen (secondary N) is 2. The summed E-state index contributed by atoms with van der Waals surface area (Å²) in [7, 11) is 0. The van der Waals surface area contributed by atoms with E-state index in [-0.39, 0.29) is 11.8 Å². The Labute approximate surface area is 90.4 Å². The molecule has 1 rings (SSSR count). The van der Waals surface area contributed by atoms with Crippen LogP contribution in [0.15, 0.2) is 0 Å². The Morgan fingerprint density at radius 1 is 1.50 bits per heavy atom. The highest BCUT2D eigenvalue weighted by atomic mass is 32.2. The fraction of sp³-hybridized carbons (Fsp3) is 0.900. The number of hydrogen-bond acceptors (Lipinski definition) is 3. The predicted octanol–water partition coefficient (Wildman–Crippen LogP) is 0.855. The summed E-state index contributed by atoms with van der Waals surface area (Å²) in [5.74, 6) is 1.64. The van der Waals surface area contributed by atoms with Crippen molar-refractivity contribution in [1.82, 2.24) is 10.6 Å². The second-order valence-corrected chi connectivity index (χ2v) is 4.65. The second-order valence-electron chi connectivity index (χ2n) is 3.66. The largest absolute Gasteiger partial charge is 0.356 e. The third kappa shape index (κ3) is 4.33. The van der Waals surface area contributed by atoms with Gasteiger partial charge in [-0.3, -0.25) is 4.79 Å². The maximum absolute atomic E-state index is 11.6. The minimum absolute atomic E-state index is 0.255. The quantitative estimate of drug-likeness (QED) is 0.670. The highest BCUT2D eigenvalue weighted by Gasteiger charge is 2.19. The molecule has 1 fully saturated rings. The van der Waals surface area contributed by atoms with Gasteiger partial charge in [0.15, 0.2) is 0 Å². The molecule has 0 aromatic heterocycles. The van der Waals surface area contributed by atoms with Crippen LogP contribution in [0.4, 0.5) is 0 Å². The van der Waals surface area contributed by atoms with E-state index in [1.165, 1.54) is 0 Å². The van der Waals surface area contributed by atoms with Gasteiger partial charge in [-0.25, -0.2) is 0 Å². The molecular formula is C10H20N2OS. The van der Waals surface area contributed by atoms with E-state index in [4.69, 9.17) is 0 Å². The highest BCUT2D eigenvalue weighted by Crippen LogP contribution is 2.11. The van der Waals surface area contributed by atoms with Crippen molar-refractivity contribution in [3.63, 3.8) is 0 Å². The Morgan fingerprint density at radius 2 is 2.21 bits per heavy atom. The van der Waals surface area contributed by atoms with Crippen molar-refractivity contribution in [2.75, 3.05) is 31.6 Å². The SMILES string of the molecule is CSCCCNC(=O)C1CCNCC1. The number of rotatable bonds is 5. The molecule has 1 heterocycles. The molecule has 1 amide bonds. The summed E-state index contributed by atoms with van der Waals surface area (Å²) in [6.45, 7) is 2.81. The zero-order valence-corrected chi connectivity index (χ0v) is 9.66. The first-order valence-electron chi connectivity index (χ1n) is 5.32. The monoisotopic (exact) mass is 216 g/mol. The summed E-state index contributed by atoms with van der Waals surface area (Å²) in [6, 6.07) is 0. The van der Waals surface area contributed by atoms with E-state index in [1.807, 2.05) is 11.8 Å². The Balaban J connectivity index is 2.07. The van der Waals surface area contributed by atoms with Crippen LogP contribution < -0.4 is 10.6 Å². The predicted molar refractivity (Wildman–Crippen MR) is 61.6 cm³/mol. The van der Waals surface area contributed by atoms with Gasteiger partial charge in [-0.1, -0.05) is 0 Å². The number of carbonyl (C=O) groups excluding carboxylic acids is 1. The number of thioether (sulfide) groups is 1. The summed E-state index contributed by atoms with van der Waals surface area (Å²) in [5.41, 5.74) is 0. The van der Waals surface area contributed by atoms with E-state index in [2.05, 4.69) is 16.9 Å². The molecule has 0 aromatic carbocycles. The minimum atomic E-state index is 0.255. The molecule has 0 radical (unpaired) electrons. The van der Waals surface area contributed by atoms with Crippen LogP contribution in [0.25, 0.3) is 0 Å². The third-order valence-corrected chi connectivity index (χ3v) is 3.23. The first kappa shape index (κ1) is 11.9. The molecule has 1 saturated heterocycles. The lowest BCUT2D eigenvalue weighted by molar-refractivity contribution is -0.125. The lowest BCUT2D eigenvalue weighted by atomic mass is 9.97. The molecule has 0 aliphatic carbocycles. The van der Waals surface area contributed by atoms with Gasteiger partial charge < -0.3 is 10.6 Å². The smallest absolute Gasteiger partial charge is 0.223 e. The van der Waals surface area contributed by atoms with Crippen LogP contribution in [0.5, 0.6) is 0 Å². The van der Waals surface area contributed by atoms with Crippen molar-refractivity contribution in [2.24, 2.45) is 5.92 Å². The first-order chi connectivity index (χ1) is 6.84. The Kier molecular flexibility index (Phi) is 6.03. The molecule has 0 bridgehead atoms. The van der Waals surface area contributed by atoms with Crippen molar-refractivity contribution in [3.8, 4) is 0 Å². The summed E-state index contributed by atoms with van der Waals surface area (Å²) in [5, 5.41) is 6.27. The van der Waals surface area contributed by atoms with Crippen LogP contribution in [0.2, 0.25) is 0 Å². The molecule has 0 atom stereocenters. The maximum atomic E-state index is 11.6. The normalized spacial score (nSPS) is 18.1. The highest BCUT2D eigenvalue weighted by molar-refractivity contribution is 7.98. The van der Waals surface area contributed by atoms with Gasteiger partial charge in [0.25, 0.3) is 0 Å². The van der Waals surface area contributed by atoms with E-state index < -0.39 is 0 Å². The first-order valence-corrected chi connectivity index (χ1v) is 6.71. The van der Waals surface area contributed by atoms with Crippen LogP contribution in [0, 0.1) is 5.92 Å². The fourth-order valence-electron chi connectivity index (χ4n) is 1.66. The minimum Gasteiger partial charge on any atom is -0.356 e. The lowest BCUT2D eigenvalue weighted by Gasteiger charge is -2.21. The summed E-state index contributed by atoms with van der Waals surface area (Å²) < 4.78 is 0. The molecule has 0 saturated carbocycles. The standard InChI is InChI=1S/C10H20N2OS/c1-14-8-2-5-12-10(13)9-3-6-11-7-4-9/h9,11H,2-8H2,1H3,(H,12,13). The van der Waals surface area contributed by atoms with E-state index in [9.17, 15) is 4.79 Å². The molecule has 1 aliphatic rings. The van der Waals surface area contributed by atoms with Crippen molar-refractivity contribution in [2.45, 2.75) is 19.3 Å². The number of hydrogen-bond donors (Lipinski definition) is 2. The molecule has 2 N–H and O–H groups in total. The molecule has 0 spiro atoms. The fourth-order valence-corrected chi connectivity index (χ4v) is 2.09. The average molecular weight is 216 g/mol. The average Bonchev–Trinajstić information content (AvgIpc) is 2.25. The number of carbonyl (C=O) groups is 1. The zero-order chi connectivity index (χ0) is 10.2. The number of piperidine rings is 1. The summed E-state index contributed by atoms with van der Waals surface area (Å²) in [6.07, 6.45) is 5.16. The third-order valence-electron chi connectivity index (χ3n) is 2.53. The summed E-state index contributed by atoms with van der Waals surface area (Å²) in [4.78, 5) is 11.6. The van der Waals surface area contributed by atoms with Gasteiger partial charge in [-0.15, -0.1) is 0 Å². The molecule has 4 heteroatoms. The molecule has 14 heavy (non-hydrogen) atoms. The molecule has 3 nitrogen and oxygen atoms in total. The van der Waals surface area contributed by atoms with Crippen molar-refractivity contribution in [1.29, 1.82) is 0 Å². The van der Waals surface area contributed by atoms with E-state index in [0.717, 1.165) is 44.6 Å². The molecule has 0 aromatic rings. The van der Waals surface area contributed by atoms with Gasteiger partial charge in [-0.05, 0) is 44.4 Å².